The molecule has 0 spiro atoms. The van der Waals surface area contributed by atoms with Crippen LogP contribution in [0.5, 0.6) is 5.75 Å². The Kier molecular flexibility index (Phi) is 5.19. The van der Waals surface area contributed by atoms with Crippen LogP contribution in [0.3, 0.4) is 0 Å². The van der Waals surface area contributed by atoms with E-state index in [-0.39, 0.29) is 23.6 Å². The number of urea groups is 1. The number of hydrogen-bond acceptors (Lipinski definition) is 5. The molecule has 2 heterocycles. The number of carbonyl (C=O) groups is 1. The number of nitrogens with one attached hydrogen (secondary N) is 1. The lowest BCUT2D eigenvalue weighted by atomic mass is 10.1. The second-order valence-corrected chi connectivity index (χ2v) is 8.67. The molecule has 8 heteroatoms. The normalized spacial score (nSPS) is 25.4. The molecule has 1 N–H and O–H groups in total. The van der Waals surface area contributed by atoms with Gasteiger partial charge in [0, 0.05) is 7.11 Å². The maximum absolute atomic E-state index is 12.3. The van der Waals surface area contributed by atoms with Crippen molar-refractivity contribution in [3.8, 4) is 5.75 Å². The van der Waals surface area contributed by atoms with Crippen LogP contribution in [0, 0.1) is 0 Å². The van der Waals surface area contributed by atoms with Crippen molar-refractivity contribution in [3.63, 3.8) is 0 Å². The summed E-state index contributed by atoms with van der Waals surface area (Å²) in [6.07, 6.45) is 0.365. The van der Waals surface area contributed by atoms with Crippen LogP contribution in [-0.2, 0) is 21.0 Å². The van der Waals surface area contributed by atoms with Crippen molar-refractivity contribution in [2.24, 2.45) is 0 Å². The Hall–Kier alpha value is -1.80. The van der Waals surface area contributed by atoms with Crippen LogP contribution < -0.4 is 10.1 Å². The highest BCUT2D eigenvalue weighted by molar-refractivity contribution is 7.91. The summed E-state index contributed by atoms with van der Waals surface area (Å²) in [4.78, 5) is 13.9. The quantitative estimate of drug-likeness (QED) is 0.832. The van der Waals surface area contributed by atoms with Crippen molar-refractivity contribution in [1.29, 1.82) is 0 Å². The summed E-state index contributed by atoms with van der Waals surface area (Å²) in [5, 5.41) is 2.77. The Balaban J connectivity index is 1.50. The van der Waals surface area contributed by atoms with Gasteiger partial charge in [0.2, 0.25) is 0 Å². The first kappa shape index (κ1) is 18.0. The zero-order valence-electron chi connectivity index (χ0n) is 14.5. The van der Waals surface area contributed by atoms with E-state index in [0.717, 1.165) is 17.7 Å². The highest BCUT2D eigenvalue weighted by atomic mass is 32.2. The first-order chi connectivity index (χ1) is 11.9. The minimum absolute atomic E-state index is 0.0380. The Labute approximate surface area is 148 Å². The fourth-order valence-corrected chi connectivity index (χ4v) is 5.05. The lowest BCUT2D eigenvalue weighted by Crippen LogP contribution is -2.61. The molecular formula is C17H24N2O5S. The first-order valence-electron chi connectivity index (χ1n) is 8.45. The van der Waals surface area contributed by atoms with Crippen molar-refractivity contribution in [3.05, 3.63) is 29.8 Å². The Bertz CT molecular complexity index is 730. The molecule has 0 unspecified atom stereocenters. The van der Waals surface area contributed by atoms with E-state index in [1.807, 2.05) is 24.3 Å². The molecule has 0 aromatic heterocycles. The number of nitrogens with zero attached hydrogens (tertiary/aromatic N) is 1. The van der Waals surface area contributed by atoms with E-state index in [9.17, 15) is 13.2 Å². The molecule has 0 saturated carbocycles. The Morgan fingerprint density at radius 1 is 1.28 bits per heavy atom. The van der Waals surface area contributed by atoms with Gasteiger partial charge in [-0.2, -0.15) is 0 Å². The van der Waals surface area contributed by atoms with Crippen molar-refractivity contribution < 1.29 is 22.7 Å². The van der Waals surface area contributed by atoms with Crippen molar-refractivity contribution in [1.82, 2.24) is 10.2 Å². The van der Waals surface area contributed by atoms with Gasteiger partial charge in [0.05, 0.1) is 36.7 Å². The average molecular weight is 368 g/mol. The van der Waals surface area contributed by atoms with Gasteiger partial charge >= 0.3 is 6.03 Å². The van der Waals surface area contributed by atoms with E-state index in [0.29, 0.717) is 13.1 Å². The molecule has 1 aromatic carbocycles. The third-order valence-electron chi connectivity index (χ3n) is 4.69. The lowest BCUT2D eigenvalue weighted by Gasteiger charge is -2.39. The number of amides is 2. The molecule has 0 bridgehead atoms. The van der Waals surface area contributed by atoms with Crippen LogP contribution in [0.15, 0.2) is 24.3 Å². The van der Waals surface area contributed by atoms with Gasteiger partial charge in [-0.1, -0.05) is 25.1 Å². The number of hydrogen-bond donors (Lipinski definition) is 1. The maximum atomic E-state index is 12.3. The Morgan fingerprint density at radius 3 is 2.68 bits per heavy atom. The number of carbonyl (C=O) groups excluding carboxylic acids is 1. The largest absolute Gasteiger partial charge is 0.486 e. The molecule has 2 atom stereocenters. The van der Waals surface area contributed by atoms with Crippen LogP contribution in [0.1, 0.15) is 12.5 Å². The number of ether oxygens (including phenoxy) is 2. The van der Waals surface area contributed by atoms with E-state index in [1.54, 1.807) is 4.90 Å². The number of benzene rings is 1. The number of aryl methyl sites for hydroxylation is 1. The molecule has 138 valence electrons. The molecule has 0 radical (unpaired) electrons. The van der Waals surface area contributed by atoms with Crippen LogP contribution in [0.25, 0.3) is 0 Å². The van der Waals surface area contributed by atoms with E-state index in [2.05, 4.69) is 12.2 Å². The van der Waals surface area contributed by atoms with Crippen molar-refractivity contribution >= 4 is 15.9 Å². The van der Waals surface area contributed by atoms with Gasteiger partial charge < -0.3 is 19.7 Å². The van der Waals surface area contributed by atoms with Gasteiger partial charge in [-0.25, -0.2) is 13.2 Å². The fourth-order valence-electron chi connectivity index (χ4n) is 3.20. The summed E-state index contributed by atoms with van der Waals surface area (Å²) < 4.78 is 34.5. The maximum Gasteiger partial charge on any atom is 0.317 e. The first-order valence-corrected chi connectivity index (χ1v) is 10.3. The van der Waals surface area contributed by atoms with Gasteiger partial charge in [0.25, 0.3) is 0 Å². The highest BCUT2D eigenvalue weighted by Crippen LogP contribution is 2.23. The smallest absolute Gasteiger partial charge is 0.317 e. The average Bonchev–Trinajstić information content (AvgIpc) is 2.84. The SMILES string of the molecule is CCc1ccccc1OC1CN(C(=O)N[C@@H]2CS(=O)(=O)C[C@H]2OC)C1. The van der Waals surface area contributed by atoms with E-state index in [1.165, 1.54) is 7.11 Å². The molecule has 2 fully saturated rings. The van der Waals surface area contributed by atoms with E-state index in [4.69, 9.17) is 9.47 Å². The highest BCUT2D eigenvalue weighted by Gasteiger charge is 2.41. The third kappa shape index (κ3) is 4.07. The van der Waals surface area contributed by atoms with E-state index < -0.39 is 22.0 Å². The zero-order valence-corrected chi connectivity index (χ0v) is 15.3. The van der Waals surface area contributed by atoms with Crippen LogP contribution in [-0.4, -0.2) is 69.3 Å². The van der Waals surface area contributed by atoms with Gasteiger partial charge in [0.15, 0.2) is 9.84 Å². The minimum Gasteiger partial charge on any atom is -0.486 e. The molecule has 2 aliphatic heterocycles. The van der Waals surface area contributed by atoms with Crippen molar-refractivity contribution in [2.45, 2.75) is 31.6 Å². The predicted octanol–water partition coefficient (Wildman–Crippen LogP) is 0.834. The molecular weight excluding hydrogens is 344 g/mol. The lowest BCUT2D eigenvalue weighted by molar-refractivity contribution is 0.0391. The molecule has 1 aromatic rings. The molecule has 0 aliphatic carbocycles. The number of likely N-dealkylation sites (tertiary alicyclic amines) is 1. The summed E-state index contributed by atoms with van der Waals surface area (Å²) in [6.45, 7) is 3.05. The Morgan fingerprint density at radius 2 is 2.00 bits per heavy atom. The van der Waals surface area contributed by atoms with Gasteiger partial charge in [0.1, 0.15) is 11.9 Å². The summed E-state index contributed by atoms with van der Waals surface area (Å²) in [5.74, 6) is 0.736. The predicted molar refractivity (Wildman–Crippen MR) is 93.6 cm³/mol. The minimum atomic E-state index is -3.16. The monoisotopic (exact) mass is 368 g/mol. The van der Waals surface area contributed by atoms with E-state index >= 15 is 0 Å². The van der Waals surface area contributed by atoms with Gasteiger partial charge in [-0.3, -0.25) is 0 Å². The van der Waals surface area contributed by atoms with Crippen LogP contribution in [0.2, 0.25) is 0 Å². The summed E-state index contributed by atoms with van der Waals surface area (Å²) >= 11 is 0. The topological polar surface area (TPSA) is 84.9 Å². The second-order valence-electron chi connectivity index (χ2n) is 6.51. The summed E-state index contributed by atoms with van der Waals surface area (Å²) in [7, 11) is -1.70. The van der Waals surface area contributed by atoms with Crippen LogP contribution in [0.4, 0.5) is 4.79 Å². The molecule has 2 aliphatic rings. The molecule has 25 heavy (non-hydrogen) atoms. The third-order valence-corrected chi connectivity index (χ3v) is 6.40. The molecule has 2 amide bonds. The summed E-state index contributed by atoms with van der Waals surface area (Å²) in [5.41, 5.74) is 1.14. The number of rotatable bonds is 5. The standard InChI is InChI=1S/C17H24N2O5S/c1-3-12-6-4-5-7-15(12)24-13-8-19(9-13)17(20)18-14-10-25(21,22)11-16(14)23-2/h4-7,13-14,16H,3,8-11H2,1-2H3,(H,18,20)/t14-,16-/m1/s1. The molecule has 7 nitrogen and oxygen atoms in total. The molecule has 2 saturated heterocycles. The van der Waals surface area contributed by atoms with Gasteiger partial charge in [-0.15, -0.1) is 0 Å². The number of para-hydroxylation sites is 1. The number of sulfone groups is 1. The van der Waals surface area contributed by atoms with Gasteiger partial charge in [-0.05, 0) is 18.1 Å². The zero-order chi connectivity index (χ0) is 18.0. The van der Waals surface area contributed by atoms with Crippen LogP contribution >= 0.6 is 0 Å². The number of methoxy groups -OCH3 is 1. The summed E-state index contributed by atoms with van der Waals surface area (Å²) in [6, 6.07) is 7.12. The molecule has 3 rings (SSSR count). The second kappa shape index (κ2) is 7.21. The fraction of sp³-hybridized carbons (Fsp3) is 0.588. The van der Waals surface area contributed by atoms with Crippen molar-refractivity contribution in [2.75, 3.05) is 31.7 Å².